The Bertz CT molecular complexity index is 1090. The van der Waals surface area contributed by atoms with Crippen LogP contribution in [-0.4, -0.2) is 34.3 Å². The zero-order valence-electron chi connectivity index (χ0n) is 17.0. The minimum Gasteiger partial charge on any atom is -0.459 e. The zero-order valence-corrected chi connectivity index (χ0v) is 17.8. The van der Waals surface area contributed by atoms with Crippen LogP contribution in [0.2, 0.25) is 0 Å². The van der Waals surface area contributed by atoms with Gasteiger partial charge in [-0.3, -0.25) is 14.5 Å². The number of thiazole rings is 1. The fourth-order valence-electron chi connectivity index (χ4n) is 3.77. The van der Waals surface area contributed by atoms with Crippen molar-refractivity contribution in [2.24, 2.45) is 5.73 Å². The fourth-order valence-corrected chi connectivity index (χ4v) is 4.69. The Morgan fingerprint density at radius 3 is 2.87 bits per heavy atom. The lowest BCUT2D eigenvalue weighted by atomic mass is 10.1. The van der Waals surface area contributed by atoms with Gasteiger partial charge in [0.25, 0.3) is 5.91 Å². The van der Waals surface area contributed by atoms with E-state index in [2.05, 4.69) is 15.2 Å². The Kier molecular flexibility index (Phi) is 5.69. The van der Waals surface area contributed by atoms with Gasteiger partial charge in [0, 0.05) is 12.2 Å². The number of hydrogen-bond acceptors (Lipinski definition) is 6. The maximum Gasteiger partial charge on any atom is 0.267 e. The number of nitrogens with two attached hydrogens (primary N) is 1. The Morgan fingerprint density at radius 2 is 2.13 bits per heavy atom. The van der Waals surface area contributed by atoms with Gasteiger partial charge in [0.1, 0.15) is 10.6 Å². The minimum absolute atomic E-state index is 0.201. The maximum absolute atomic E-state index is 12.8. The quantitative estimate of drug-likeness (QED) is 0.628. The molecule has 0 radical (unpaired) electrons. The molecule has 3 N–H and O–H groups in total. The Morgan fingerprint density at radius 1 is 1.30 bits per heavy atom. The van der Waals surface area contributed by atoms with Crippen LogP contribution in [0.4, 0.5) is 5.69 Å². The van der Waals surface area contributed by atoms with Crippen LogP contribution in [0.25, 0.3) is 10.8 Å². The largest absolute Gasteiger partial charge is 0.459 e. The molecular formula is C22H24N4O3S. The number of hydrogen-bond donors (Lipinski definition) is 2. The van der Waals surface area contributed by atoms with Gasteiger partial charge >= 0.3 is 0 Å². The SMILES string of the molecule is Cc1ccc(-c2nc(C)c(C(=O)Nc3cccc(CN4CCCC4C(N)=O)c3)s2)o1. The highest BCUT2D eigenvalue weighted by Gasteiger charge is 2.28. The third-order valence-electron chi connectivity index (χ3n) is 5.22. The van der Waals surface area contributed by atoms with Crippen molar-refractivity contribution in [2.45, 2.75) is 39.3 Å². The van der Waals surface area contributed by atoms with Crippen LogP contribution < -0.4 is 11.1 Å². The molecule has 0 bridgehead atoms. The third kappa shape index (κ3) is 4.29. The zero-order chi connectivity index (χ0) is 21.3. The lowest BCUT2D eigenvalue weighted by Crippen LogP contribution is -2.39. The molecule has 156 valence electrons. The van der Waals surface area contributed by atoms with Gasteiger partial charge in [-0.05, 0) is 63.1 Å². The number of aryl methyl sites for hydroxylation is 2. The van der Waals surface area contributed by atoms with Gasteiger partial charge in [0.15, 0.2) is 10.8 Å². The molecule has 1 aromatic carbocycles. The van der Waals surface area contributed by atoms with E-state index in [0.29, 0.717) is 33.6 Å². The molecule has 1 atom stereocenters. The number of primary amides is 1. The highest BCUT2D eigenvalue weighted by atomic mass is 32.1. The molecule has 2 aromatic heterocycles. The van der Waals surface area contributed by atoms with E-state index in [4.69, 9.17) is 10.2 Å². The van der Waals surface area contributed by atoms with Gasteiger partial charge in [-0.25, -0.2) is 4.98 Å². The van der Waals surface area contributed by atoms with Gasteiger partial charge in [0.05, 0.1) is 11.7 Å². The van der Waals surface area contributed by atoms with Crippen molar-refractivity contribution >= 4 is 28.8 Å². The van der Waals surface area contributed by atoms with E-state index < -0.39 is 0 Å². The first kappa shape index (κ1) is 20.3. The van der Waals surface area contributed by atoms with Crippen molar-refractivity contribution in [3.8, 4) is 10.8 Å². The molecule has 0 spiro atoms. The Labute approximate surface area is 178 Å². The maximum atomic E-state index is 12.8. The average Bonchev–Trinajstić information content (AvgIpc) is 3.42. The monoisotopic (exact) mass is 424 g/mol. The molecule has 1 aliphatic rings. The van der Waals surface area contributed by atoms with E-state index in [-0.39, 0.29) is 17.9 Å². The van der Waals surface area contributed by atoms with Crippen molar-refractivity contribution in [3.63, 3.8) is 0 Å². The van der Waals surface area contributed by atoms with Gasteiger partial charge in [-0.2, -0.15) is 0 Å². The molecule has 2 amide bonds. The summed E-state index contributed by atoms with van der Waals surface area (Å²) in [6.45, 7) is 5.16. The highest BCUT2D eigenvalue weighted by Crippen LogP contribution is 2.30. The van der Waals surface area contributed by atoms with E-state index >= 15 is 0 Å². The first-order chi connectivity index (χ1) is 14.4. The van der Waals surface area contributed by atoms with E-state index in [9.17, 15) is 9.59 Å². The van der Waals surface area contributed by atoms with E-state index in [1.54, 1.807) is 0 Å². The normalized spacial score (nSPS) is 16.7. The lowest BCUT2D eigenvalue weighted by molar-refractivity contribution is -0.122. The molecule has 1 saturated heterocycles. The Balaban J connectivity index is 1.47. The predicted molar refractivity (Wildman–Crippen MR) is 116 cm³/mol. The number of nitrogens with zero attached hydrogens (tertiary/aromatic N) is 2. The summed E-state index contributed by atoms with van der Waals surface area (Å²) in [6, 6.07) is 11.2. The highest BCUT2D eigenvalue weighted by molar-refractivity contribution is 7.17. The van der Waals surface area contributed by atoms with Gasteiger partial charge < -0.3 is 15.5 Å². The molecular weight excluding hydrogens is 400 g/mol. The first-order valence-corrected chi connectivity index (χ1v) is 10.7. The molecule has 1 fully saturated rings. The second-order valence-electron chi connectivity index (χ2n) is 7.53. The molecule has 7 nitrogen and oxygen atoms in total. The molecule has 0 saturated carbocycles. The molecule has 8 heteroatoms. The molecule has 4 rings (SSSR count). The number of aromatic nitrogens is 1. The number of likely N-dealkylation sites (tertiary alicyclic amines) is 1. The van der Waals surface area contributed by atoms with Crippen LogP contribution in [0.15, 0.2) is 40.8 Å². The van der Waals surface area contributed by atoms with E-state index in [0.717, 1.165) is 30.7 Å². The summed E-state index contributed by atoms with van der Waals surface area (Å²) in [4.78, 5) is 31.6. The van der Waals surface area contributed by atoms with Crippen LogP contribution in [-0.2, 0) is 11.3 Å². The summed E-state index contributed by atoms with van der Waals surface area (Å²) in [5, 5.41) is 3.65. The van der Waals surface area contributed by atoms with Crippen LogP contribution >= 0.6 is 11.3 Å². The number of rotatable bonds is 6. The van der Waals surface area contributed by atoms with Crippen molar-refractivity contribution in [2.75, 3.05) is 11.9 Å². The standard InChI is InChI=1S/C22H24N4O3S/c1-13-8-9-18(29-13)22-24-14(2)19(30-22)21(28)25-16-6-3-5-15(11-16)12-26-10-4-7-17(26)20(23)27/h3,5-6,8-9,11,17H,4,7,10,12H2,1-2H3,(H2,23,27)(H,25,28). The van der Waals surface area contributed by atoms with Crippen molar-refractivity contribution in [3.05, 3.63) is 58.3 Å². The van der Waals surface area contributed by atoms with Crippen LogP contribution in [0, 0.1) is 13.8 Å². The van der Waals surface area contributed by atoms with Crippen LogP contribution in [0.1, 0.15) is 39.5 Å². The third-order valence-corrected chi connectivity index (χ3v) is 6.39. The first-order valence-electron chi connectivity index (χ1n) is 9.88. The smallest absolute Gasteiger partial charge is 0.267 e. The van der Waals surface area contributed by atoms with Gasteiger partial charge in [-0.15, -0.1) is 11.3 Å². The van der Waals surface area contributed by atoms with Gasteiger partial charge in [-0.1, -0.05) is 12.1 Å². The number of nitrogens with one attached hydrogen (secondary N) is 1. The lowest BCUT2D eigenvalue weighted by Gasteiger charge is -2.22. The number of carbonyl (C=O) groups excluding carboxylic acids is 2. The summed E-state index contributed by atoms with van der Waals surface area (Å²) in [6.07, 6.45) is 1.76. The summed E-state index contributed by atoms with van der Waals surface area (Å²) in [7, 11) is 0. The van der Waals surface area contributed by atoms with E-state index in [1.807, 2.05) is 50.2 Å². The van der Waals surface area contributed by atoms with Crippen molar-refractivity contribution in [1.82, 2.24) is 9.88 Å². The number of anilines is 1. The molecule has 0 aliphatic carbocycles. The van der Waals surface area contributed by atoms with Crippen LogP contribution in [0.5, 0.6) is 0 Å². The molecule has 3 aromatic rings. The second-order valence-corrected chi connectivity index (χ2v) is 8.53. The van der Waals surface area contributed by atoms with Crippen molar-refractivity contribution in [1.29, 1.82) is 0 Å². The molecule has 1 unspecified atom stereocenters. The number of amides is 2. The van der Waals surface area contributed by atoms with Gasteiger partial charge in [0.2, 0.25) is 5.91 Å². The van der Waals surface area contributed by atoms with E-state index in [1.165, 1.54) is 11.3 Å². The molecule has 1 aliphatic heterocycles. The minimum atomic E-state index is -0.278. The Hall–Kier alpha value is -2.97. The van der Waals surface area contributed by atoms with Crippen LogP contribution in [0.3, 0.4) is 0 Å². The number of furan rings is 1. The summed E-state index contributed by atoms with van der Waals surface area (Å²) >= 11 is 1.31. The fraction of sp³-hybridized carbons (Fsp3) is 0.318. The average molecular weight is 425 g/mol. The summed E-state index contributed by atoms with van der Waals surface area (Å²) in [5.74, 6) is 0.988. The van der Waals surface area contributed by atoms with Crippen molar-refractivity contribution < 1.29 is 14.0 Å². The summed E-state index contributed by atoms with van der Waals surface area (Å²) in [5.41, 5.74) is 7.90. The topological polar surface area (TPSA) is 101 Å². The second kappa shape index (κ2) is 8.41. The molecule has 3 heterocycles. The number of benzene rings is 1. The summed E-state index contributed by atoms with van der Waals surface area (Å²) < 4.78 is 5.62. The predicted octanol–water partition coefficient (Wildman–Crippen LogP) is 3.72. The molecule has 30 heavy (non-hydrogen) atoms. The number of carbonyl (C=O) groups is 2.